The lowest BCUT2D eigenvalue weighted by atomic mass is 10.0. The molecule has 0 aliphatic carbocycles. The van der Waals surface area contributed by atoms with E-state index in [1.54, 1.807) is 6.07 Å². The minimum absolute atomic E-state index is 0.282. The number of halogens is 1. The molecular weight excluding hydrogens is 505 g/mol. The molecule has 3 N–H and O–H groups in total. The molecule has 0 bridgehead atoms. The molecule has 40 heavy (non-hydrogen) atoms. The molecule has 5 heterocycles. The molecule has 1 aliphatic rings. The SMILES string of the molecule is CN1CCN(CNc2cncc(-c3cnc4[nH]nc(-c5nc6c(-c7cccc(F)c7)cccc6[nH]5)c4c3)c2)CC1. The van der Waals surface area contributed by atoms with Crippen LogP contribution in [0.1, 0.15) is 0 Å². The van der Waals surface area contributed by atoms with E-state index in [1.165, 1.54) is 12.1 Å². The van der Waals surface area contributed by atoms with Crippen LogP contribution >= 0.6 is 0 Å². The van der Waals surface area contributed by atoms with Crippen molar-refractivity contribution in [3.05, 3.63) is 79.0 Å². The first-order valence-electron chi connectivity index (χ1n) is 13.3. The smallest absolute Gasteiger partial charge is 0.159 e. The topological polar surface area (TPSA) is 102 Å². The summed E-state index contributed by atoms with van der Waals surface area (Å²) in [6, 6.07) is 16.5. The van der Waals surface area contributed by atoms with E-state index in [-0.39, 0.29) is 5.82 Å². The zero-order valence-electron chi connectivity index (χ0n) is 22.0. The van der Waals surface area contributed by atoms with E-state index in [0.29, 0.717) is 17.2 Å². The van der Waals surface area contributed by atoms with Crippen molar-refractivity contribution in [2.75, 3.05) is 45.2 Å². The Balaban J connectivity index is 1.20. The number of para-hydroxylation sites is 1. The van der Waals surface area contributed by atoms with E-state index in [0.717, 1.165) is 77.2 Å². The van der Waals surface area contributed by atoms with Gasteiger partial charge in [-0.25, -0.2) is 14.4 Å². The summed E-state index contributed by atoms with van der Waals surface area (Å²) in [5, 5.41) is 11.9. The molecular formula is C30H28FN9. The Labute approximate surface area is 230 Å². The highest BCUT2D eigenvalue weighted by molar-refractivity contribution is 5.97. The van der Waals surface area contributed by atoms with E-state index in [2.05, 4.69) is 59.4 Å². The number of nitrogens with zero attached hydrogens (tertiary/aromatic N) is 6. The summed E-state index contributed by atoms with van der Waals surface area (Å²) in [5.41, 5.74) is 7.42. The summed E-state index contributed by atoms with van der Waals surface area (Å²) < 4.78 is 13.9. The van der Waals surface area contributed by atoms with Gasteiger partial charge in [-0.05, 0) is 42.9 Å². The predicted molar refractivity (Wildman–Crippen MR) is 155 cm³/mol. The standard InChI is InChI=1S/C30H28FN9/c1-39-8-10-40(11-9-39)18-34-23-13-20(15-32-17-23)21-14-25-28(37-38-29(25)33-16-21)30-35-26-7-3-6-24(27(26)36-30)19-4-2-5-22(31)12-19/h2-7,12-17,34H,8-11,18H2,1H3,(H,35,36)(H,33,37,38). The second-order valence-electron chi connectivity index (χ2n) is 10.2. The molecule has 4 aromatic heterocycles. The van der Waals surface area contributed by atoms with Crippen LogP contribution in [-0.4, -0.2) is 79.8 Å². The van der Waals surface area contributed by atoms with Gasteiger partial charge < -0.3 is 15.2 Å². The van der Waals surface area contributed by atoms with Crippen LogP contribution in [0.25, 0.3) is 55.8 Å². The van der Waals surface area contributed by atoms with Crippen molar-refractivity contribution in [1.29, 1.82) is 0 Å². The summed E-state index contributed by atoms with van der Waals surface area (Å²) in [6.45, 7) is 5.04. The lowest BCUT2D eigenvalue weighted by Gasteiger charge is -2.32. The second kappa shape index (κ2) is 10.1. The van der Waals surface area contributed by atoms with Gasteiger partial charge in [0.15, 0.2) is 11.5 Å². The van der Waals surface area contributed by atoms with Gasteiger partial charge in [0.05, 0.1) is 35.0 Å². The van der Waals surface area contributed by atoms with Crippen LogP contribution in [0.5, 0.6) is 0 Å². The number of aromatic amines is 2. The van der Waals surface area contributed by atoms with E-state index in [4.69, 9.17) is 4.98 Å². The third kappa shape index (κ3) is 4.67. The number of pyridine rings is 2. The number of likely N-dealkylation sites (N-methyl/N-ethyl adjacent to an activating group) is 1. The van der Waals surface area contributed by atoms with Crippen molar-refractivity contribution in [3.8, 4) is 33.8 Å². The van der Waals surface area contributed by atoms with Crippen molar-refractivity contribution in [3.63, 3.8) is 0 Å². The highest BCUT2D eigenvalue weighted by atomic mass is 19.1. The van der Waals surface area contributed by atoms with Gasteiger partial charge in [0.25, 0.3) is 0 Å². The number of nitrogens with one attached hydrogen (secondary N) is 3. The molecule has 1 aliphatic heterocycles. The van der Waals surface area contributed by atoms with Gasteiger partial charge in [-0.1, -0.05) is 24.3 Å². The summed E-state index contributed by atoms with van der Waals surface area (Å²) in [5.74, 6) is 0.333. The molecule has 0 unspecified atom stereocenters. The first kappa shape index (κ1) is 24.4. The first-order valence-corrected chi connectivity index (χ1v) is 13.3. The third-order valence-corrected chi connectivity index (χ3v) is 7.46. The Bertz CT molecular complexity index is 1820. The van der Waals surface area contributed by atoms with Gasteiger partial charge in [-0.3, -0.25) is 15.0 Å². The number of imidazole rings is 1. The molecule has 9 nitrogen and oxygen atoms in total. The maximum absolute atomic E-state index is 13.9. The number of hydrogen-bond acceptors (Lipinski definition) is 7. The first-order chi connectivity index (χ1) is 19.6. The van der Waals surface area contributed by atoms with Gasteiger partial charge in [0.1, 0.15) is 11.5 Å². The summed E-state index contributed by atoms with van der Waals surface area (Å²) in [7, 11) is 2.16. The summed E-state index contributed by atoms with van der Waals surface area (Å²) >= 11 is 0. The Morgan fingerprint density at radius 1 is 0.925 bits per heavy atom. The molecule has 0 radical (unpaired) electrons. The van der Waals surface area contributed by atoms with E-state index in [1.807, 2.05) is 42.9 Å². The summed E-state index contributed by atoms with van der Waals surface area (Å²) in [4.78, 5) is 22.1. The van der Waals surface area contributed by atoms with Gasteiger partial charge in [0, 0.05) is 55.3 Å². The van der Waals surface area contributed by atoms with Crippen molar-refractivity contribution in [2.24, 2.45) is 0 Å². The molecule has 0 saturated carbocycles. The Morgan fingerprint density at radius 3 is 2.65 bits per heavy atom. The quantitative estimate of drug-likeness (QED) is 0.277. The van der Waals surface area contributed by atoms with Crippen LogP contribution < -0.4 is 5.32 Å². The Kier molecular flexibility index (Phi) is 6.18. The molecule has 0 atom stereocenters. The predicted octanol–water partition coefficient (Wildman–Crippen LogP) is 4.99. The fraction of sp³-hybridized carbons (Fsp3) is 0.200. The van der Waals surface area contributed by atoms with Gasteiger partial charge in [-0.2, -0.15) is 5.10 Å². The molecule has 10 heteroatoms. The molecule has 1 fully saturated rings. The fourth-order valence-corrected chi connectivity index (χ4v) is 5.18. The number of aromatic nitrogens is 6. The number of H-pyrrole nitrogens is 2. The summed E-state index contributed by atoms with van der Waals surface area (Å²) in [6.07, 6.45) is 5.52. The molecule has 1 saturated heterocycles. The highest BCUT2D eigenvalue weighted by Crippen LogP contribution is 2.33. The highest BCUT2D eigenvalue weighted by Gasteiger charge is 2.17. The maximum Gasteiger partial charge on any atom is 0.159 e. The van der Waals surface area contributed by atoms with Crippen LogP contribution in [0, 0.1) is 5.82 Å². The Morgan fingerprint density at radius 2 is 1.77 bits per heavy atom. The number of rotatable bonds is 6. The van der Waals surface area contributed by atoms with Gasteiger partial charge in [-0.15, -0.1) is 0 Å². The lowest BCUT2D eigenvalue weighted by Crippen LogP contribution is -2.46. The Hall–Kier alpha value is -4.67. The minimum atomic E-state index is -0.282. The monoisotopic (exact) mass is 533 g/mol. The maximum atomic E-state index is 13.9. The molecule has 200 valence electrons. The average molecular weight is 534 g/mol. The zero-order chi connectivity index (χ0) is 27.1. The van der Waals surface area contributed by atoms with Crippen LogP contribution in [0.2, 0.25) is 0 Å². The van der Waals surface area contributed by atoms with Crippen LogP contribution in [0.15, 0.2) is 73.2 Å². The van der Waals surface area contributed by atoms with Crippen molar-refractivity contribution in [2.45, 2.75) is 0 Å². The van der Waals surface area contributed by atoms with Crippen molar-refractivity contribution >= 4 is 27.8 Å². The number of anilines is 1. The minimum Gasteiger partial charge on any atom is -0.371 e. The number of fused-ring (bicyclic) bond motifs is 2. The molecule has 0 amide bonds. The lowest BCUT2D eigenvalue weighted by molar-refractivity contribution is 0.162. The molecule has 0 spiro atoms. The second-order valence-corrected chi connectivity index (χ2v) is 10.2. The van der Waals surface area contributed by atoms with E-state index in [9.17, 15) is 4.39 Å². The zero-order valence-corrected chi connectivity index (χ0v) is 22.0. The average Bonchev–Trinajstić information content (AvgIpc) is 3.61. The van der Waals surface area contributed by atoms with Crippen LogP contribution in [0.4, 0.5) is 10.1 Å². The van der Waals surface area contributed by atoms with E-state index >= 15 is 0 Å². The molecule has 7 rings (SSSR count). The number of benzene rings is 2. The third-order valence-electron chi connectivity index (χ3n) is 7.46. The number of hydrogen-bond donors (Lipinski definition) is 3. The van der Waals surface area contributed by atoms with Gasteiger partial charge >= 0.3 is 0 Å². The largest absolute Gasteiger partial charge is 0.371 e. The molecule has 2 aromatic carbocycles. The van der Waals surface area contributed by atoms with Crippen molar-refractivity contribution in [1.82, 2.24) is 39.9 Å². The fourth-order valence-electron chi connectivity index (χ4n) is 5.18. The van der Waals surface area contributed by atoms with E-state index < -0.39 is 0 Å². The van der Waals surface area contributed by atoms with Gasteiger partial charge in [0.2, 0.25) is 0 Å². The van der Waals surface area contributed by atoms with Crippen LogP contribution in [-0.2, 0) is 0 Å². The molecule has 6 aromatic rings. The van der Waals surface area contributed by atoms with Crippen molar-refractivity contribution < 1.29 is 4.39 Å². The number of piperazine rings is 1. The normalized spacial score (nSPS) is 14.8. The van der Waals surface area contributed by atoms with Crippen LogP contribution in [0.3, 0.4) is 0 Å².